The summed E-state index contributed by atoms with van der Waals surface area (Å²) in [7, 11) is 1.38. The molecule has 1 aromatic carbocycles. The molecular weight excluding hydrogens is 440 g/mol. The molecule has 1 saturated carbocycles. The van der Waals surface area contributed by atoms with E-state index in [1.165, 1.54) is 7.11 Å². The average Bonchev–Trinajstić information content (AvgIpc) is 3.13. The van der Waals surface area contributed by atoms with Crippen LogP contribution in [-0.2, 0) is 16.1 Å². The van der Waals surface area contributed by atoms with Crippen molar-refractivity contribution in [2.24, 2.45) is 5.41 Å². The van der Waals surface area contributed by atoms with Crippen LogP contribution < -0.4 is 5.73 Å². The number of piperazine rings is 1. The van der Waals surface area contributed by atoms with E-state index in [9.17, 15) is 9.59 Å². The number of amides is 1. The summed E-state index contributed by atoms with van der Waals surface area (Å²) in [5.41, 5.74) is 14.5. The van der Waals surface area contributed by atoms with Crippen molar-refractivity contribution in [3.05, 3.63) is 64.5 Å². The summed E-state index contributed by atoms with van der Waals surface area (Å²) in [5, 5.41) is 0. The van der Waals surface area contributed by atoms with Crippen molar-refractivity contribution in [3.8, 4) is 0 Å². The van der Waals surface area contributed by atoms with E-state index in [1.54, 1.807) is 12.1 Å². The maximum absolute atomic E-state index is 13.0. The number of nitrogens with zero attached hydrogens (tertiary/aromatic N) is 3. The maximum atomic E-state index is 13.0. The highest BCUT2D eigenvalue weighted by atomic mass is 16.5. The van der Waals surface area contributed by atoms with Gasteiger partial charge in [0.05, 0.1) is 18.4 Å². The number of aryl methyl sites for hydroxylation is 1. The second kappa shape index (κ2) is 10.0. The third-order valence-electron chi connectivity index (χ3n) is 7.45. The molecule has 2 aromatic rings. The van der Waals surface area contributed by atoms with Gasteiger partial charge in [-0.25, -0.2) is 4.79 Å². The first-order chi connectivity index (χ1) is 16.8. The molecule has 0 bridgehead atoms. The normalized spacial score (nSPS) is 16.8. The highest BCUT2D eigenvalue weighted by Crippen LogP contribution is 2.42. The van der Waals surface area contributed by atoms with Gasteiger partial charge in [0.1, 0.15) is 5.82 Å². The first-order valence-corrected chi connectivity index (χ1v) is 12.4. The Kier molecular flexibility index (Phi) is 7.08. The number of nitrogen functional groups attached to an aromatic ring is 1. The molecule has 7 nitrogen and oxygen atoms in total. The zero-order valence-corrected chi connectivity index (χ0v) is 21.3. The Balaban J connectivity index is 1.50. The third-order valence-corrected chi connectivity index (χ3v) is 7.45. The molecule has 7 heteroatoms. The number of carbonyl (C=O) groups excluding carboxylic acids is 2. The predicted molar refractivity (Wildman–Crippen MR) is 138 cm³/mol. The van der Waals surface area contributed by atoms with Crippen LogP contribution in [0.2, 0.25) is 0 Å². The Morgan fingerprint density at radius 1 is 1.11 bits per heavy atom. The van der Waals surface area contributed by atoms with Gasteiger partial charge in [-0.2, -0.15) is 0 Å². The molecule has 4 rings (SSSR count). The quantitative estimate of drug-likeness (QED) is 0.502. The minimum absolute atomic E-state index is 0.155. The Morgan fingerprint density at radius 2 is 1.74 bits per heavy atom. The van der Waals surface area contributed by atoms with Gasteiger partial charge in [-0.15, -0.1) is 0 Å². The second-order valence-electron chi connectivity index (χ2n) is 9.83. The molecule has 0 atom stereocenters. The average molecular weight is 477 g/mol. The summed E-state index contributed by atoms with van der Waals surface area (Å²) in [4.78, 5) is 29.0. The number of rotatable bonds is 6. The molecule has 2 fully saturated rings. The smallest absolute Gasteiger partial charge is 0.337 e. The Hall–Kier alpha value is -3.44. The maximum Gasteiger partial charge on any atom is 0.337 e. The first-order valence-electron chi connectivity index (χ1n) is 12.4. The van der Waals surface area contributed by atoms with Crippen LogP contribution in [0.15, 0.2) is 42.1 Å². The van der Waals surface area contributed by atoms with Crippen LogP contribution in [0.25, 0.3) is 5.70 Å². The van der Waals surface area contributed by atoms with Crippen molar-refractivity contribution in [1.29, 1.82) is 0 Å². The fraction of sp³-hybridized carbons (Fsp3) is 0.464. The van der Waals surface area contributed by atoms with E-state index < -0.39 is 0 Å². The molecule has 0 radical (unpaired) electrons. The molecule has 35 heavy (non-hydrogen) atoms. The minimum Gasteiger partial charge on any atom is -0.465 e. The van der Waals surface area contributed by atoms with Crippen LogP contribution in [0.4, 0.5) is 5.82 Å². The summed E-state index contributed by atoms with van der Waals surface area (Å²) in [5.74, 6) is 0.643. The van der Waals surface area contributed by atoms with Crippen molar-refractivity contribution in [2.75, 3.05) is 39.0 Å². The van der Waals surface area contributed by atoms with Crippen LogP contribution in [0.5, 0.6) is 0 Å². The van der Waals surface area contributed by atoms with Crippen molar-refractivity contribution < 1.29 is 14.3 Å². The number of esters is 1. The molecule has 1 amide bonds. The van der Waals surface area contributed by atoms with Crippen molar-refractivity contribution in [2.45, 2.75) is 46.6 Å². The Labute approximate surface area is 207 Å². The van der Waals surface area contributed by atoms with E-state index in [1.807, 2.05) is 37.0 Å². The second-order valence-corrected chi connectivity index (χ2v) is 9.83. The number of carbonyl (C=O) groups is 2. The van der Waals surface area contributed by atoms with E-state index in [0.29, 0.717) is 23.8 Å². The van der Waals surface area contributed by atoms with Gasteiger partial charge in [0, 0.05) is 49.4 Å². The van der Waals surface area contributed by atoms with Crippen molar-refractivity contribution in [1.82, 2.24) is 14.4 Å². The SMILES string of the molecule is CC=C=C(c1cc(C)n(Cc2ccc(C(=O)OC)cc2)c1N)N1CCN(C(=O)C2(C)CCC2)CC1. The fourth-order valence-electron chi connectivity index (χ4n) is 5.05. The Bertz CT molecular complexity index is 1160. The summed E-state index contributed by atoms with van der Waals surface area (Å²) in [6, 6.07) is 9.50. The van der Waals surface area contributed by atoms with Gasteiger partial charge in [0.25, 0.3) is 0 Å². The lowest BCUT2D eigenvalue weighted by Gasteiger charge is -2.44. The number of hydrogen-bond donors (Lipinski definition) is 1. The number of nitrogens with two attached hydrogens (primary N) is 1. The van der Waals surface area contributed by atoms with Gasteiger partial charge in [-0.3, -0.25) is 4.79 Å². The topological polar surface area (TPSA) is 80.8 Å². The van der Waals surface area contributed by atoms with Crippen molar-refractivity contribution in [3.63, 3.8) is 0 Å². The van der Waals surface area contributed by atoms with E-state index in [2.05, 4.69) is 28.2 Å². The summed E-state index contributed by atoms with van der Waals surface area (Å²) >= 11 is 0. The molecule has 1 aliphatic heterocycles. The molecule has 1 aliphatic carbocycles. The monoisotopic (exact) mass is 476 g/mol. The van der Waals surface area contributed by atoms with Crippen LogP contribution in [0.3, 0.4) is 0 Å². The number of anilines is 1. The molecule has 2 heterocycles. The number of benzene rings is 1. The van der Waals surface area contributed by atoms with Gasteiger partial charge in [0.15, 0.2) is 0 Å². The summed E-state index contributed by atoms with van der Waals surface area (Å²) in [6.45, 7) is 9.67. The summed E-state index contributed by atoms with van der Waals surface area (Å²) in [6.07, 6.45) is 5.08. The Morgan fingerprint density at radius 3 is 2.29 bits per heavy atom. The molecular formula is C28H36N4O3. The zero-order valence-electron chi connectivity index (χ0n) is 21.3. The van der Waals surface area contributed by atoms with Gasteiger partial charge in [0.2, 0.25) is 5.91 Å². The van der Waals surface area contributed by atoms with E-state index in [-0.39, 0.29) is 11.4 Å². The lowest BCUT2D eigenvalue weighted by Crippen LogP contribution is -2.53. The lowest BCUT2D eigenvalue weighted by molar-refractivity contribution is -0.147. The fourth-order valence-corrected chi connectivity index (χ4v) is 5.05. The molecule has 2 N–H and O–H groups in total. The highest BCUT2D eigenvalue weighted by Gasteiger charge is 2.42. The minimum atomic E-state index is -0.347. The number of aromatic nitrogens is 1. The van der Waals surface area contributed by atoms with Crippen LogP contribution in [-0.4, -0.2) is 59.5 Å². The lowest BCUT2D eigenvalue weighted by atomic mass is 9.69. The molecule has 186 valence electrons. The van der Waals surface area contributed by atoms with Gasteiger partial charge in [-0.05, 0) is 56.5 Å². The molecule has 1 aromatic heterocycles. The van der Waals surface area contributed by atoms with Gasteiger partial charge in [-0.1, -0.05) is 31.2 Å². The summed E-state index contributed by atoms with van der Waals surface area (Å²) < 4.78 is 6.86. The number of allylic oxidation sites excluding steroid dienone is 1. The molecule has 0 spiro atoms. The number of methoxy groups -OCH3 is 1. The number of hydrogen-bond acceptors (Lipinski definition) is 5. The zero-order chi connectivity index (χ0) is 25.2. The van der Waals surface area contributed by atoms with E-state index in [0.717, 1.165) is 68.0 Å². The third kappa shape index (κ3) is 4.87. The largest absolute Gasteiger partial charge is 0.465 e. The van der Waals surface area contributed by atoms with Crippen LogP contribution in [0, 0.1) is 12.3 Å². The highest BCUT2D eigenvalue weighted by molar-refractivity contribution is 5.89. The van der Waals surface area contributed by atoms with Gasteiger partial charge >= 0.3 is 5.97 Å². The van der Waals surface area contributed by atoms with Crippen molar-refractivity contribution >= 4 is 23.4 Å². The van der Waals surface area contributed by atoms with Crippen LogP contribution >= 0.6 is 0 Å². The van der Waals surface area contributed by atoms with E-state index in [4.69, 9.17) is 10.5 Å². The molecule has 0 unspecified atom stereocenters. The molecule has 2 aliphatic rings. The van der Waals surface area contributed by atoms with Gasteiger partial charge < -0.3 is 24.8 Å². The first kappa shape index (κ1) is 24.7. The molecule has 1 saturated heterocycles. The van der Waals surface area contributed by atoms with Crippen LogP contribution in [0.1, 0.15) is 60.3 Å². The number of ether oxygens (including phenoxy) is 1. The van der Waals surface area contributed by atoms with E-state index >= 15 is 0 Å². The predicted octanol–water partition coefficient (Wildman–Crippen LogP) is 4.06. The standard InChI is InChI=1S/C28H36N4O3/c1-5-7-24(30-14-16-31(17-15-30)27(34)28(3)12-6-13-28)23-18-20(2)32(25(23)29)19-21-8-10-22(11-9-21)26(33)35-4/h5,8-11,18H,6,12-17,19,29H2,1-4H3.